The van der Waals surface area contributed by atoms with Crippen molar-refractivity contribution in [2.24, 2.45) is 5.92 Å². The molecule has 1 amide bonds. The molecule has 5 nitrogen and oxygen atoms in total. The molecule has 0 unspecified atom stereocenters. The lowest BCUT2D eigenvalue weighted by Crippen LogP contribution is -2.34. The van der Waals surface area contributed by atoms with Crippen LogP contribution in [0.2, 0.25) is 0 Å². The Bertz CT molecular complexity index is 1020. The smallest absolute Gasteiger partial charge is 0.221 e. The van der Waals surface area contributed by atoms with Gasteiger partial charge in [0.1, 0.15) is 5.78 Å². The fourth-order valence-electron chi connectivity index (χ4n) is 4.37. The summed E-state index contributed by atoms with van der Waals surface area (Å²) in [7, 11) is 0. The summed E-state index contributed by atoms with van der Waals surface area (Å²) < 4.78 is 0. The first-order chi connectivity index (χ1) is 14.5. The number of amides is 1. The van der Waals surface area contributed by atoms with E-state index < -0.39 is 0 Å². The van der Waals surface area contributed by atoms with Crippen LogP contribution in [0.15, 0.2) is 54.6 Å². The second kappa shape index (κ2) is 9.26. The zero-order valence-corrected chi connectivity index (χ0v) is 17.5. The minimum Gasteiger partial charge on any atom is -0.358 e. The predicted octanol–water partition coefficient (Wildman–Crippen LogP) is 4.54. The number of hydrogen-bond donors (Lipinski definition) is 2. The zero-order valence-electron chi connectivity index (χ0n) is 17.5. The van der Waals surface area contributed by atoms with Crippen LogP contribution in [0.1, 0.15) is 37.4 Å². The van der Waals surface area contributed by atoms with Crippen LogP contribution in [-0.2, 0) is 22.6 Å². The number of hydrogen-bond acceptors (Lipinski definition) is 3. The summed E-state index contributed by atoms with van der Waals surface area (Å²) in [6, 6.07) is 18.3. The van der Waals surface area contributed by atoms with E-state index in [4.69, 9.17) is 0 Å². The van der Waals surface area contributed by atoms with Crippen molar-refractivity contribution in [2.75, 3.05) is 18.4 Å². The van der Waals surface area contributed by atoms with Gasteiger partial charge in [-0.05, 0) is 61.7 Å². The number of ketones is 1. The van der Waals surface area contributed by atoms with Gasteiger partial charge in [0, 0.05) is 48.6 Å². The van der Waals surface area contributed by atoms with E-state index >= 15 is 0 Å². The van der Waals surface area contributed by atoms with Gasteiger partial charge in [-0.2, -0.15) is 0 Å². The maximum absolute atomic E-state index is 12.7. The summed E-state index contributed by atoms with van der Waals surface area (Å²) in [5, 5.41) is 3.81. The van der Waals surface area contributed by atoms with Crippen LogP contribution in [0.3, 0.4) is 0 Å². The van der Waals surface area contributed by atoms with Gasteiger partial charge in [-0.25, -0.2) is 0 Å². The van der Waals surface area contributed by atoms with Crippen molar-refractivity contribution >= 4 is 28.3 Å². The summed E-state index contributed by atoms with van der Waals surface area (Å²) in [5.41, 5.74) is 4.05. The summed E-state index contributed by atoms with van der Waals surface area (Å²) in [6.45, 7) is 4.62. The number of H-pyrrole nitrogens is 1. The number of piperidine rings is 1. The number of benzene rings is 2. The molecule has 0 saturated carbocycles. The molecule has 3 aromatic rings. The van der Waals surface area contributed by atoms with Gasteiger partial charge in [0.2, 0.25) is 5.91 Å². The first-order valence-electron chi connectivity index (χ1n) is 10.7. The largest absolute Gasteiger partial charge is 0.358 e. The van der Waals surface area contributed by atoms with E-state index in [2.05, 4.69) is 45.5 Å². The molecule has 2 aromatic carbocycles. The molecule has 4 rings (SSSR count). The number of Topliss-reactive ketones (excluding diaryl/α,β-unsaturated/α-hetero) is 1. The van der Waals surface area contributed by atoms with Crippen LogP contribution in [-0.4, -0.2) is 34.7 Å². The molecule has 1 aromatic heterocycles. The van der Waals surface area contributed by atoms with Crippen LogP contribution in [0.5, 0.6) is 0 Å². The summed E-state index contributed by atoms with van der Waals surface area (Å²) >= 11 is 0. The standard InChI is InChI=1S/C25H29N3O2/c1-18(29)26-22-7-8-25-21(14-22)15-23(27-25)16-24(30)13-19-9-11-28(12-10-19)17-20-5-3-2-4-6-20/h2-8,14-15,19,27H,9-13,16-17H2,1H3,(H,26,29). The normalized spacial score (nSPS) is 15.4. The van der Waals surface area contributed by atoms with Gasteiger partial charge in [-0.3, -0.25) is 14.5 Å². The molecule has 0 radical (unpaired) electrons. The highest BCUT2D eigenvalue weighted by Gasteiger charge is 2.22. The molecule has 156 valence electrons. The lowest BCUT2D eigenvalue weighted by atomic mass is 9.90. The zero-order chi connectivity index (χ0) is 20.9. The maximum Gasteiger partial charge on any atom is 0.221 e. The van der Waals surface area contributed by atoms with Crippen molar-refractivity contribution in [1.82, 2.24) is 9.88 Å². The Morgan fingerprint density at radius 2 is 1.83 bits per heavy atom. The van der Waals surface area contributed by atoms with Crippen molar-refractivity contribution in [1.29, 1.82) is 0 Å². The number of nitrogens with zero attached hydrogens (tertiary/aromatic N) is 1. The summed E-state index contributed by atoms with van der Waals surface area (Å²) in [4.78, 5) is 29.7. The SMILES string of the molecule is CC(=O)Nc1ccc2[nH]c(CC(=O)CC3CCN(Cc4ccccc4)CC3)cc2c1. The molecule has 1 aliphatic rings. The highest BCUT2D eigenvalue weighted by Crippen LogP contribution is 2.24. The van der Waals surface area contributed by atoms with E-state index in [-0.39, 0.29) is 5.91 Å². The quantitative estimate of drug-likeness (QED) is 0.609. The topological polar surface area (TPSA) is 65.2 Å². The number of carbonyl (C=O) groups excluding carboxylic acids is 2. The van der Waals surface area contributed by atoms with Crippen molar-refractivity contribution in [3.63, 3.8) is 0 Å². The molecule has 0 bridgehead atoms. The average molecular weight is 404 g/mol. The van der Waals surface area contributed by atoms with Crippen LogP contribution >= 0.6 is 0 Å². The van der Waals surface area contributed by atoms with Crippen LogP contribution in [0, 0.1) is 5.92 Å². The van der Waals surface area contributed by atoms with E-state index in [1.165, 1.54) is 12.5 Å². The third kappa shape index (κ3) is 5.36. The summed E-state index contributed by atoms with van der Waals surface area (Å²) in [6.07, 6.45) is 3.27. The Morgan fingerprint density at radius 3 is 2.57 bits per heavy atom. The monoisotopic (exact) mass is 403 g/mol. The number of rotatable bonds is 7. The molecule has 0 atom stereocenters. The molecule has 0 aliphatic carbocycles. The third-order valence-corrected chi connectivity index (χ3v) is 5.86. The molecule has 0 spiro atoms. The lowest BCUT2D eigenvalue weighted by Gasteiger charge is -2.31. The van der Waals surface area contributed by atoms with Gasteiger partial charge < -0.3 is 10.3 Å². The van der Waals surface area contributed by atoms with Crippen LogP contribution < -0.4 is 5.32 Å². The lowest BCUT2D eigenvalue weighted by molar-refractivity contribution is -0.119. The summed E-state index contributed by atoms with van der Waals surface area (Å²) in [5.74, 6) is 0.695. The highest BCUT2D eigenvalue weighted by molar-refractivity contribution is 5.93. The molecule has 5 heteroatoms. The van der Waals surface area contributed by atoms with Crippen molar-refractivity contribution < 1.29 is 9.59 Å². The molecule has 2 heterocycles. The van der Waals surface area contributed by atoms with E-state index in [1.54, 1.807) is 0 Å². The van der Waals surface area contributed by atoms with Crippen molar-refractivity contribution in [2.45, 2.75) is 39.2 Å². The fraction of sp³-hybridized carbons (Fsp3) is 0.360. The van der Waals surface area contributed by atoms with Gasteiger partial charge in [-0.1, -0.05) is 30.3 Å². The van der Waals surface area contributed by atoms with Crippen LogP contribution in [0.4, 0.5) is 5.69 Å². The minimum absolute atomic E-state index is 0.0879. The van der Waals surface area contributed by atoms with Crippen LogP contribution in [0.25, 0.3) is 10.9 Å². The molecule has 1 aliphatic heterocycles. The number of fused-ring (bicyclic) bond motifs is 1. The Hall–Kier alpha value is -2.92. The Labute approximate surface area is 177 Å². The maximum atomic E-state index is 12.7. The van der Waals surface area contributed by atoms with Crippen molar-refractivity contribution in [3.8, 4) is 0 Å². The van der Waals surface area contributed by atoms with E-state index in [0.29, 0.717) is 24.5 Å². The van der Waals surface area contributed by atoms with Gasteiger partial charge in [0.15, 0.2) is 0 Å². The average Bonchev–Trinajstić information content (AvgIpc) is 3.11. The van der Waals surface area contributed by atoms with Gasteiger partial charge in [0.25, 0.3) is 0 Å². The van der Waals surface area contributed by atoms with E-state index in [0.717, 1.165) is 54.8 Å². The minimum atomic E-state index is -0.0879. The fourth-order valence-corrected chi connectivity index (χ4v) is 4.37. The molecular weight excluding hydrogens is 374 g/mol. The molecule has 1 fully saturated rings. The Morgan fingerprint density at radius 1 is 1.07 bits per heavy atom. The first-order valence-corrected chi connectivity index (χ1v) is 10.7. The van der Waals surface area contributed by atoms with Gasteiger partial charge in [0.05, 0.1) is 0 Å². The number of carbonyl (C=O) groups is 2. The second-order valence-corrected chi connectivity index (χ2v) is 8.40. The predicted molar refractivity (Wildman–Crippen MR) is 120 cm³/mol. The number of anilines is 1. The number of aromatic nitrogens is 1. The van der Waals surface area contributed by atoms with Crippen molar-refractivity contribution in [3.05, 3.63) is 65.9 Å². The molecule has 2 N–H and O–H groups in total. The third-order valence-electron chi connectivity index (χ3n) is 5.86. The van der Waals surface area contributed by atoms with E-state index in [1.807, 2.05) is 24.3 Å². The molecule has 30 heavy (non-hydrogen) atoms. The van der Waals surface area contributed by atoms with E-state index in [9.17, 15) is 9.59 Å². The Balaban J connectivity index is 1.27. The molecular formula is C25H29N3O2. The highest BCUT2D eigenvalue weighted by atomic mass is 16.1. The number of likely N-dealkylation sites (tertiary alicyclic amines) is 1. The van der Waals surface area contributed by atoms with Gasteiger partial charge >= 0.3 is 0 Å². The van der Waals surface area contributed by atoms with Gasteiger partial charge in [-0.15, -0.1) is 0 Å². The Kier molecular flexibility index (Phi) is 6.29. The number of aromatic amines is 1. The number of nitrogens with one attached hydrogen (secondary N) is 2. The second-order valence-electron chi connectivity index (χ2n) is 8.40. The first kappa shape index (κ1) is 20.4. The molecule has 1 saturated heterocycles.